The number of benzene rings is 1. The van der Waals surface area contributed by atoms with Crippen LogP contribution in [-0.4, -0.2) is 29.7 Å². The standard InChI is InChI=1S/C23H19F5N4O2S/c1-12-17(24)9-15-16(10-29)20(32(13-3-2-4-13)21(15)19(12)25)18-6-5-14(11-30-18)35(33,34)31-22(7-8-22)23(26,27)28/h5-6,9,11,13,31H,2-4,7-8H2,1H3. The Morgan fingerprint density at radius 3 is 2.40 bits per heavy atom. The molecule has 2 aliphatic rings. The normalized spacial score (nSPS) is 17.9. The molecule has 1 N–H and O–H groups in total. The summed E-state index contributed by atoms with van der Waals surface area (Å²) < 4.78 is 97.8. The van der Waals surface area contributed by atoms with E-state index in [9.17, 15) is 31.2 Å². The van der Waals surface area contributed by atoms with Crippen molar-refractivity contribution in [2.75, 3.05) is 0 Å². The molecule has 1 aromatic carbocycles. The molecule has 0 bridgehead atoms. The van der Waals surface area contributed by atoms with Crippen LogP contribution in [0.25, 0.3) is 22.3 Å². The number of aromatic nitrogens is 2. The van der Waals surface area contributed by atoms with Gasteiger partial charge in [-0.05, 0) is 57.2 Å². The third kappa shape index (κ3) is 3.60. The molecule has 2 fully saturated rings. The first-order chi connectivity index (χ1) is 16.4. The topological polar surface area (TPSA) is 87.8 Å². The lowest BCUT2D eigenvalue weighted by molar-refractivity contribution is -0.160. The van der Waals surface area contributed by atoms with E-state index < -0.39 is 38.3 Å². The molecule has 2 heterocycles. The third-order valence-corrected chi connectivity index (χ3v) is 8.39. The molecule has 184 valence electrons. The zero-order valence-electron chi connectivity index (χ0n) is 18.4. The summed E-state index contributed by atoms with van der Waals surface area (Å²) in [5.41, 5.74) is -2.28. The number of fused-ring (bicyclic) bond motifs is 1. The first kappa shape index (κ1) is 23.7. The van der Waals surface area contributed by atoms with Crippen LogP contribution in [-0.2, 0) is 10.0 Å². The number of sulfonamides is 1. The second-order valence-corrected chi connectivity index (χ2v) is 10.7. The van der Waals surface area contributed by atoms with Gasteiger partial charge in [0.1, 0.15) is 22.3 Å². The number of nitrogens with one attached hydrogen (secondary N) is 1. The Morgan fingerprint density at radius 1 is 1.23 bits per heavy atom. The summed E-state index contributed by atoms with van der Waals surface area (Å²) in [7, 11) is -4.53. The van der Waals surface area contributed by atoms with E-state index in [4.69, 9.17) is 0 Å². The summed E-state index contributed by atoms with van der Waals surface area (Å²) in [6.07, 6.45) is -2.25. The van der Waals surface area contributed by atoms with E-state index in [0.717, 1.165) is 24.8 Å². The minimum Gasteiger partial charge on any atom is -0.333 e. The lowest BCUT2D eigenvalue weighted by Crippen LogP contribution is -2.47. The van der Waals surface area contributed by atoms with Crippen LogP contribution in [0.2, 0.25) is 0 Å². The Morgan fingerprint density at radius 2 is 1.91 bits per heavy atom. The maximum Gasteiger partial charge on any atom is 0.407 e. The van der Waals surface area contributed by atoms with E-state index >= 15 is 4.39 Å². The minimum absolute atomic E-state index is 0.0139. The predicted octanol–water partition coefficient (Wildman–Crippen LogP) is 5.26. The van der Waals surface area contributed by atoms with E-state index in [1.807, 2.05) is 6.07 Å². The summed E-state index contributed by atoms with van der Waals surface area (Å²) in [5, 5.41) is 9.94. The Balaban J connectivity index is 1.63. The Hall–Kier alpha value is -3.04. The number of hydrogen-bond donors (Lipinski definition) is 1. The van der Waals surface area contributed by atoms with Gasteiger partial charge in [0, 0.05) is 23.2 Å². The van der Waals surface area contributed by atoms with Crippen molar-refractivity contribution in [1.29, 1.82) is 5.26 Å². The van der Waals surface area contributed by atoms with E-state index in [1.165, 1.54) is 13.0 Å². The highest BCUT2D eigenvalue weighted by molar-refractivity contribution is 7.89. The molecule has 2 aliphatic carbocycles. The van der Waals surface area contributed by atoms with Crippen molar-refractivity contribution in [3.05, 3.63) is 47.2 Å². The lowest BCUT2D eigenvalue weighted by atomic mass is 9.92. The van der Waals surface area contributed by atoms with Gasteiger partial charge in [-0.1, -0.05) is 0 Å². The van der Waals surface area contributed by atoms with Crippen LogP contribution in [0.1, 0.15) is 49.3 Å². The van der Waals surface area contributed by atoms with E-state index in [1.54, 1.807) is 9.29 Å². The number of alkyl halides is 3. The fourth-order valence-electron chi connectivity index (χ4n) is 4.43. The lowest BCUT2D eigenvalue weighted by Gasteiger charge is -2.30. The van der Waals surface area contributed by atoms with Crippen molar-refractivity contribution in [3.63, 3.8) is 0 Å². The molecule has 0 spiro atoms. The molecule has 0 radical (unpaired) electrons. The number of nitriles is 1. The molecular formula is C23H19F5N4O2S. The summed E-state index contributed by atoms with van der Waals surface area (Å²) in [5.74, 6) is -1.59. The number of pyridine rings is 1. The van der Waals surface area contributed by atoms with Gasteiger partial charge in [0.15, 0.2) is 5.82 Å². The Bertz CT molecular complexity index is 1500. The third-order valence-electron chi connectivity index (χ3n) is 6.87. The number of hydrogen-bond acceptors (Lipinski definition) is 4. The van der Waals surface area contributed by atoms with Gasteiger partial charge in [-0.15, -0.1) is 0 Å². The largest absolute Gasteiger partial charge is 0.407 e. The molecule has 2 saturated carbocycles. The molecule has 0 aliphatic heterocycles. The summed E-state index contributed by atoms with van der Waals surface area (Å²) in [4.78, 5) is 3.64. The molecule has 3 aromatic rings. The van der Waals surface area contributed by atoms with Crippen molar-refractivity contribution >= 4 is 20.9 Å². The minimum atomic E-state index is -4.73. The molecule has 2 aromatic heterocycles. The Labute approximate surface area is 197 Å². The van der Waals surface area contributed by atoms with Crippen LogP contribution in [0.5, 0.6) is 0 Å². The smallest absolute Gasteiger partial charge is 0.333 e. The zero-order chi connectivity index (χ0) is 25.3. The van der Waals surface area contributed by atoms with Gasteiger partial charge in [0.05, 0.1) is 22.5 Å². The Kier molecular flexibility index (Phi) is 5.23. The zero-order valence-corrected chi connectivity index (χ0v) is 19.2. The van der Waals surface area contributed by atoms with Gasteiger partial charge >= 0.3 is 6.18 Å². The van der Waals surface area contributed by atoms with Crippen LogP contribution in [0.4, 0.5) is 22.0 Å². The van der Waals surface area contributed by atoms with Gasteiger partial charge in [-0.3, -0.25) is 4.98 Å². The van der Waals surface area contributed by atoms with Crippen LogP contribution < -0.4 is 4.72 Å². The first-order valence-corrected chi connectivity index (χ1v) is 12.4. The van der Waals surface area contributed by atoms with Crippen molar-refractivity contribution in [2.45, 2.75) is 61.7 Å². The molecule has 0 atom stereocenters. The number of nitrogens with zero attached hydrogens (tertiary/aromatic N) is 3. The second-order valence-electron chi connectivity index (χ2n) is 9.05. The molecule has 12 heteroatoms. The van der Waals surface area contributed by atoms with Crippen LogP contribution in [0, 0.1) is 29.9 Å². The molecule has 6 nitrogen and oxygen atoms in total. The van der Waals surface area contributed by atoms with Crippen LogP contribution in [0.3, 0.4) is 0 Å². The summed E-state index contributed by atoms with van der Waals surface area (Å²) in [6.45, 7) is 1.30. The maximum atomic E-state index is 15.2. The molecule has 0 amide bonds. The molecular weight excluding hydrogens is 491 g/mol. The highest BCUT2D eigenvalue weighted by atomic mass is 32.2. The van der Waals surface area contributed by atoms with Gasteiger partial charge in [0.25, 0.3) is 0 Å². The quantitative estimate of drug-likeness (QED) is 0.475. The fourth-order valence-corrected chi connectivity index (χ4v) is 5.82. The molecule has 0 saturated heterocycles. The highest BCUT2D eigenvalue weighted by Crippen LogP contribution is 2.50. The van der Waals surface area contributed by atoms with Gasteiger partial charge < -0.3 is 4.57 Å². The SMILES string of the molecule is Cc1c(F)cc2c(C#N)c(-c3ccc(S(=O)(=O)NC4(C(F)(F)F)CC4)cn3)n(C3CCC3)c2c1F. The predicted molar refractivity (Wildman–Crippen MR) is 116 cm³/mol. The van der Waals surface area contributed by atoms with Gasteiger partial charge in [0.2, 0.25) is 10.0 Å². The van der Waals surface area contributed by atoms with Gasteiger partial charge in [-0.2, -0.15) is 23.2 Å². The number of rotatable bonds is 5. The van der Waals surface area contributed by atoms with Crippen molar-refractivity contribution < 1.29 is 30.4 Å². The monoisotopic (exact) mass is 510 g/mol. The molecule has 0 unspecified atom stereocenters. The molecule has 5 rings (SSSR count). The van der Waals surface area contributed by atoms with E-state index in [-0.39, 0.29) is 52.3 Å². The van der Waals surface area contributed by atoms with Crippen LogP contribution >= 0.6 is 0 Å². The van der Waals surface area contributed by atoms with Crippen LogP contribution in [0.15, 0.2) is 29.3 Å². The summed E-state index contributed by atoms with van der Waals surface area (Å²) in [6, 6.07) is 5.26. The van der Waals surface area contributed by atoms with Gasteiger partial charge in [-0.25, -0.2) is 17.2 Å². The fraction of sp³-hybridized carbons (Fsp3) is 0.391. The van der Waals surface area contributed by atoms with E-state index in [2.05, 4.69) is 4.98 Å². The van der Waals surface area contributed by atoms with E-state index in [0.29, 0.717) is 12.8 Å². The summed E-state index contributed by atoms with van der Waals surface area (Å²) >= 11 is 0. The molecule has 35 heavy (non-hydrogen) atoms. The maximum absolute atomic E-state index is 15.2. The average Bonchev–Trinajstić information content (AvgIpc) is 3.47. The average molecular weight is 510 g/mol. The highest BCUT2D eigenvalue weighted by Gasteiger charge is 2.65. The van der Waals surface area contributed by atoms with Crippen molar-refractivity contribution in [2.24, 2.45) is 0 Å². The van der Waals surface area contributed by atoms with Crippen molar-refractivity contribution in [3.8, 4) is 17.5 Å². The first-order valence-electron chi connectivity index (χ1n) is 10.9. The second kappa shape index (κ2) is 7.73. The number of halogens is 5. The van der Waals surface area contributed by atoms with Crippen molar-refractivity contribution in [1.82, 2.24) is 14.3 Å².